The smallest absolute Gasteiger partial charge is 0.320 e. The molecule has 4 saturated heterocycles. The molecular formula is C16H29N3O2. The summed E-state index contributed by atoms with van der Waals surface area (Å²) in [5.74, 6) is 0.936. The van der Waals surface area contributed by atoms with Gasteiger partial charge in [-0.25, -0.2) is 0 Å². The summed E-state index contributed by atoms with van der Waals surface area (Å²) >= 11 is 0. The third-order valence-corrected chi connectivity index (χ3v) is 5.98. The maximum Gasteiger partial charge on any atom is 0.320 e. The van der Waals surface area contributed by atoms with Gasteiger partial charge in [0.15, 0.2) is 0 Å². The second-order valence-corrected chi connectivity index (χ2v) is 7.01. The molecule has 4 aliphatic heterocycles. The summed E-state index contributed by atoms with van der Waals surface area (Å²) in [6, 6.07) is 0.584. The lowest BCUT2D eigenvalue weighted by Gasteiger charge is -2.49. The minimum Gasteiger partial charge on any atom is -0.480 e. The Morgan fingerprint density at radius 1 is 1.38 bits per heavy atom. The monoisotopic (exact) mass is 295 g/mol. The summed E-state index contributed by atoms with van der Waals surface area (Å²) in [6.45, 7) is 6.95. The predicted octanol–water partition coefficient (Wildman–Crippen LogP) is 0.854. The molecule has 4 aliphatic rings. The van der Waals surface area contributed by atoms with Gasteiger partial charge in [-0.2, -0.15) is 0 Å². The van der Waals surface area contributed by atoms with E-state index in [1.54, 1.807) is 7.05 Å². The predicted molar refractivity (Wildman–Crippen MR) is 82.3 cm³/mol. The lowest BCUT2D eigenvalue weighted by Crippen LogP contribution is -2.58. The second kappa shape index (κ2) is 6.23. The van der Waals surface area contributed by atoms with Crippen LogP contribution in [-0.4, -0.2) is 72.2 Å². The van der Waals surface area contributed by atoms with Crippen molar-refractivity contribution in [3.63, 3.8) is 0 Å². The summed E-state index contributed by atoms with van der Waals surface area (Å²) in [5, 5.41) is 12.4. The van der Waals surface area contributed by atoms with Crippen LogP contribution in [0.5, 0.6) is 0 Å². The summed E-state index contributed by atoms with van der Waals surface area (Å²) < 4.78 is 0. The van der Waals surface area contributed by atoms with Crippen molar-refractivity contribution in [2.24, 2.45) is 11.8 Å². The van der Waals surface area contributed by atoms with Gasteiger partial charge in [-0.1, -0.05) is 6.92 Å². The number of hydrogen-bond acceptors (Lipinski definition) is 4. The molecule has 2 bridgehead atoms. The molecule has 5 nitrogen and oxygen atoms in total. The molecule has 2 N–H and O–H groups in total. The van der Waals surface area contributed by atoms with E-state index in [4.69, 9.17) is 0 Å². The van der Waals surface area contributed by atoms with E-state index in [2.05, 4.69) is 22.0 Å². The highest BCUT2D eigenvalue weighted by molar-refractivity contribution is 5.73. The Morgan fingerprint density at radius 2 is 2.10 bits per heavy atom. The number of likely N-dealkylation sites (N-methyl/N-ethyl adjacent to an activating group) is 1. The van der Waals surface area contributed by atoms with Gasteiger partial charge < -0.3 is 10.4 Å². The van der Waals surface area contributed by atoms with Crippen LogP contribution in [0.25, 0.3) is 0 Å². The van der Waals surface area contributed by atoms with E-state index in [1.807, 2.05) is 0 Å². The second-order valence-electron chi connectivity index (χ2n) is 7.01. The minimum absolute atomic E-state index is 0.409. The lowest BCUT2D eigenvalue weighted by molar-refractivity contribution is -0.140. The molecule has 0 saturated carbocycles. The van der Waals surface area contributed by atoms with E-state index in [1.165, 1.54) is 32.5 Å². The van der Waals surface area contributed by atoms with Crippen LogP contribution in [0.3, 0.4) is 0 Å². The number of piperidine rings is 3. The van der Waals surface area contributed by atoms with Crippen LogP contribution in [0, 0.1) is 11.8 Å². The van der Waals surface area contributed by atoms with Crippen molar-refractivity contribution in [2.75, 3.05) is 33.2 Å². The van der Waals surface area contributed by atoms with E-state index < -0.39 is 12.0 Å². The number of aliphatic carboxylic acids is 1. The Balaban J connectivity index is 1.78. The van der Waals surface area contributed by atoms with Crippen molar-refractivity contribution in [3.05, 3.63) is 0 Å². The zero-order valence-electron chi connectivity index (χ0n) is 13.3. The van der Waals surface area contributed by atoms with Crippen LogP contribution in [0.4, 0.5) is 0 Å². The van der Waals surface area contributed by atoms with Crippen LogP contribution >= 0.6 is 0 Å². The zero-order chi connectivity index (χ0) is 15.0. The lowest BCUT2D eigenvalue weighted by atomic mass is 9.73. The molecule has 4 unspecified atom stereocenters. The first-order valence-electron chi connectivity index (χ1n) is 8.53. The first-order valence-corrected chi connectivity index (χ1v) is 8.53. The highest BCUT2D eigenvalue weighted by Gasteiger charge is 2.52. The quantitative estimate of drug-likeness (QED) is 0.761. The zero-order valence-corrected chi connectivity index (χ0v) is 13.3. The molecule has 4 rings (SSSR count). The number of hydrogen-bond donors (Lipinski definition) is 2. The fourth-order valence-electron chi connectivity index (χ4n) is 5.02. The number of carboxylic acid groups (broad SMARTS) is 1. The standard InChI is InChI=1S/C16H29N3O2/c1-3-6-19-10-12-11-4-7-18(8-5-11)15(12)14(19)9-13(17-2)16(20)21/h11-15,17H,3-10H2,1-2H3,(H,20,21). The number of rotatable bonds is 6. The Hall–Kier alpha value is -0.650. The number of carbonyl (C=O) groups is 1. The van der Waals surface area contributed by atoms with Crippen molar-refractivity contribution in [1.82, 2.24) is 15.1 Å². The summed E-state index contributed by atoms with van der Waals surface area (Å²) in [6.07, 6.45) is 4.58. The molecule has 0 radical (unpaired) electrons. The van der Waals surface area contributed by atoms with Crippen LogP contribution in [0.2, 0.25) is 0 Å². The largest absolute Gasteiger partial charge is 0.480 e. The number of nitrogens with one attached hydrogen (secondary N) is 1. The molecule has 21 heavy (non-hydrogen) atoms. The molecule has 0 aromatic heterocycles. The Labute approximate surface area is 127 Å². The van der Waals surface area contributed by atoms with Crippen molar-refractivity contribution in [2.45, 2.75) is 50.7 Å². The SMILES string of the molecule is CCCN1CC2C3CCN(CC3)C2C1CC(NC)C(=O)O. The first-order chi connectivity index (χ1) is 10.2. The van der Waals surface area contributed by atoms with Gasteiger partial charge in [0.25, 0.3) is 0 Å². The number of likely N-dealkylation sites (tertiary alicyclic amines) is 1. The summed E-state index contributed by atoms with van der Waals surface area (Å²) in [5.41, 5.74) is 0. The van der Waals surface area contributed by atoms with Crippen molar-refractivity contribution in [1.29, 1.82) is 0 Å². The molecule has 0 amide bonds. The number of fused-ring (bicyclic) bond motifs is 2. The molecule has 4 heterocycles. The van der Waals surface area contributed by atoms with Gasteiger partial charge in [-0.3, -0.25) is 14.6 Å². The molecule has 0 aromatic carbocycles. The highest BCUT2D eigenvalue weighted by Crippen LogP contribution is 2.45. The fourth-order valence-corrected chi connectivity index (χ4v) is 5.02. The van der Waals surface area contributed by atoms with Gasteiger partial charge in [0.05, 0.1) is 0 Å². The average molecular weight is 295 g/mol. The van der Waals surface area contributed by atoms with E-state index in [0.29, 0.717) is 12.1 Å². The normalized spacial score (nSPS) is 40.2. The number of carboxylic acids is 1. The first kappa shape index (κ1) is 15.3. The fraction of sp³-hybridized carbons (Fsp3) is 0.938. The van der Waals surface area contributed by atoms with Crippen molar-refractivity contribution >= 4 is 5.97 Å². The molecule has 0 aliphatic carbocycles. The van der Waals surface area contributed by atoms with E-state index >= 15 is 0 Å². The van der Waals surface area contributed by atoms with E-state index in [0.717, 1.165) is 31.2 Å². The van der Waals surface area contributed by atoms with Gasteiger partial charge >= 0.3 is 5.97 Å². The topological polar surface area (TPSA) is 55.8 Å². The summed E-state index contributed by atoms with van der Waals surface area (Å²) in [4.78, 5) is 16.6. The van der Waals surface area contributed by atoms with Crippen LogP contribution in [0.15, 0.2) is 0 Å². The highest BCUT2D eigenvalue weighted by atomic mass is 16.4. The third-order valence-electron chi connectivity index (χ3n) is 5.98. The van der Waals surface area contributed by atoms with Gasteiger partial charge in [-0.05, 0) is 64.2 Å². The van der Waals surface area contributed by atoms with Gasteiger partial charge in [0.2, 0.25) is 0 Å². The van der Waals surface area contributed by atoms with Crippen LogP contribution in [-0.2, 0) is 4.79 Å². The minimum atomic E-state index is -0.714. The molecule has 4 atom stereocenters. The van der Waals surface area contributed by atoms with Crippen molar-refractivity contribution < 1.29 is 9.90 Å². The van der Waals surface area contributed by atoms with Crippen LogP contribution in [0.1, 0.15) is 32.6 Å². The van der Waals surface area contributed by atoms with Crippen LogP contribution < -0.4 is 5.32 Å². The summed E-state index contributed by atoms with van der Waals surface area (Å²) in [7, 11) is 1.77. The Kier molecular flexibility index (Phi) is 4.52. The molecule has 5 heteroatoms. The molecule has 120 valence electrons. The third kappa shape index (κ3) is 2.71. The number of nitrogens with zero attached hydrogens (tertiary/aromatic N) is 2. The molecule has 0 aromatic rings. The van der Waals surface area contributed by atoms with Gasteiger partial charge in [0, 0.05) is 18.6 Å². The van der Waals surface area contributed by atoms with E-state index in [-0.39, 0.29) is 0 Å². The average Bonchev–Trinajstić information content (AvgIpc) is 2.86. The van der Waals surface area contributed by atoms with Gasteiger partial charge in [-0.15, -0.1) is 0 Å². The Bertz CT molecular complexity index is 382. The molecule has 0 spiro atoms. The maximum absolute atomic E-state index is 11.4. The Morgan fingerprint density at radius 3 is 2.67 bits per heavy atom. The van der Waals surface area contributed by atoms with Crippen molar-refractivity contribution in [3.8, 4) is 0 Å². The van der Waals surface area contributed by atoms with E-state index in [9.17, 15) is 9.90 Å². The van der Waals surface area contributed by atoms with Gasteiger partial charge in [0.1, 0.15) is 6.04 Å². The maximum atomic E-state index is 11.4. The molecular weight excluding hydrogens is 266 g/mol. The molecule has 4 fully saturated rings.